The van der Waals surface area contributed by atoms with Crippen LogP contribution in [0.5, 0.6) is 0 Å². The van der Waals surface area contributed by atoms with E-state index in [9.17, 15) is 28.4 Å². The zero-order valence-electron chi connectivity index (χ0n) is 12.4. The smallest absolute Gasteiger partial charge is 0.326 e. The van der Waals surface area contributed by atoms with E-state index in [-0.39, 0.29) is 28.6 Å². The highest BCUT2D eigenvalue weighted by Gasteiger charge is 2.24. The van der Waals surface area contributed by atoms with Gasteiger partial charge < -0.3 is 10.4 Å². The Labute approximate surface area is 128 Å². The molecule has 9 heteroatoms. The highest BCUT2D eigenvalue weighted by molar-refractivity contribution is 7.90. The molecule has 0 fully saturated rings. The Hall–Kier alpha value is -2.16. The van der Waals surface area contributed by atoms with Crippen LogP contribution in [0.15, 0.2) is 23.1 Å². The van der Waals surface area contributed by atoms with Crippen molar-refractivity contribution in [3.8, 4) is 0 Å². The number of nitrogens with zero attached hydrogens (tertiary/aromatic N) is 1. The van der Waals surface area contributed by atoms with Crippen molar-refractivity contribution in [2.45, 2.75) is 31.2 Å². The quantitative estimate of drug-likeness (QED) is 0.577. The van der Waals surface area contributed by atoms with E-state index in [1.807, 2.05) is 13.8 Å². The van der Waals surface area contributed by atoms with Crippen molar-refractivity contribution in [2.24, 2.45) is 5.92 Å². The van der Waals surface area contributed by atoms with Crippen molar-refractivity contribution in [3.63, 3.8) is 0 Å². The topological polar surface area (TPSA) is 127 Å². The van der Waals surface area contributed by atoms with Crippen molar-refractivity contribution >= 4 is 27.2 Å². The number of aliphatic carboxylic acids is 1. The number of carboxylic acids is 1. The highest BCUT2D eigenvalue weighted by atomic mass is 32.2. The number of anilines is 1. The molecule has 0 bridgehead atoms. The molecule has 0 saturated carbocycles. The summed E-state index contributed by atoms with van der Waals surface area (Å²) in [6.07, 6.45) is 1.20. The lowest BCUT2D eigenvalue weighted by atomic mass is 10.0. The Kier molecular flexibility index (Phi) is 5.48. The summed E-state index contributed by atoms with van der Waals surface area (Å²) in [7, 11) is -3.75. The second kappa shape index (κ2) is 6.73. The number of nitro benzene ring substituents is 1. The minimum Gasteiger partial charge on any atom is -0.480 e. The van der Waals surface area contributed by atoms with E-state index in [2.05, 4.69) is 5.32 Å². The zero-order valence-corrected chi connectivity index (χ0v) is 13.3. The first-order chi connectivity index (χ1) is 10.0. The molecule has 0 aromatic heterocycles. The number of carboxylic acid groups (broad SMARTS) is 1. The lowest BCUT2D eigenvalue weighted by Gasteiger charge is -2.19. The van der Waals surface area contributed by atoms with Crippen molar-refractivity contribution in [2.75, 3.05) is 11.6 Å². The Morgan fingerprint density at radius 2 is 2.00 bits per heavy atom. The van der Waals surface area contributed by atoms with Gasteiger partial charge in [0.1, 0.15) is 6.04 Å². The van der Waals surface area contributed by atoms with Crippen molar-refractivity contribution in [3.05, 3.63) is 28.3 Å². The largest absolute Gasteiger partial charge is 0.480 e. The van der Waals surface area contributed by atoms with E-state index in [0.29, 0.717) is 0 Å². The molecule has 0 saturated heterocycles. The lowest BCUT2D eigenvalue weighted by Crippen LogP contribution is -2.31. The first kappa shape index (κ1) is 17.9. The molecule has 0 amide bonds. The van der Waals surface area contributed by atoms with Gasteiger partial charge in [-0.2, -0.15) is 0 Å². The second-order valence-corrected chi connectivity index (χ2v) is 7.36. The number of nitro groups is 1. The molecule has 0 spiro atoms. The predicted octanol–water partition coefficient (Wildman–Crippen LogP) is 1.91. The summed E-state index contributed by atoms with van der Waals surface area (Å²) in [5.74, 6) is -1.04. The van der Waals surface area contributed by atoms with Crippen LogP contribution in [-0.2, 0) is 14.6 Å². The van der Waals surface area contributed by atoms with Crippen LogP contribution in [0.2, 0.25) is 0 Å². The minimum atomic E-state index is -3.75. The van der Waals surface area contributed by atoms with Crippen LogP contribution in [0.1, 0.15) is 20.3 Å². The molecule has 0 aliphatic rings. The number of non-ortho nitro benzene ring substituents is 1. The third kappa shape index (κ3) is 4.69. The van der Waals surface area contributed by atoms with Crippen LogP contribution in [0.3, 0.4) is 0 Å². The lowest BCUT2D eigenvalue weighted by molar-refractivity contribution is -0.385. The van der Waals surface area contributed by atoms with Crippen LogP contribution in [-0.4, -0.2) is 36.7 Å². The molecule has 0 unspecified atom stereocenters. The number of nitrogens with one attached hydrogen (secondary N) is 1. The predicted molar refractivity (Wildman–Crippen MR) is 80.7 cm³/mol. The van der Waals surface area contributed by atoms with Crippen LogP contribution >= 0.6 is 0 Å². The summed E-state index contributed by atoms with van der Waals surface area (Å²) in [6.45, 7) is 3.68. The maximum Gasteiger partial charge on any atom is 0.326 e. The molecule has 1 aromatic carbocycles. The molecular weight excluding hydrogens is 312 g/mol. The SMILES string of the molecule is CC(C)C[C@@H](Nc1ccc([N+](=O)[O-])cc1S(C)(=O)=O)C(=O)O. The molecule has 0 radical (unpaired) electrons. The number of carbonyl (C=O) groups is 1. The van der Waals surface area contributed by atoms with Crippen molar-refractivity contribution in [1.29, 1.82) is 0 Å². The zero-order chi connectivity index (χ0) is 17.1. The number of sulfone groups is 1. The van der Waals surface area contributed by atoms with E-state index in [4.69, 9.17) is 0 Å². The maximum absolute atomic E-state index is 11.8. The van der Waals surface area contributed by atoms with Gasteiger partial charge in [0.25, 0.3) is 5.69 Å². The summed E-state index contributed by atoms with van der Waals surface area (Å²) in [4.78, 5) is 21.0. The molecular formula is C13H18N2O6S. The minimum absolute atomic E-state index is 0.0427. The summed E-state index contributed by atoms with van der Waals surface area (Å²) < 4.78 is 23.6. The van der Waals surface area contributed by atoms with Gasteiger partial charge in [0.05, 0.1) is 15.5 Å². The average molecular weight is 330 g/mol. The molecule has 0 aliphatic heterocycles. The molecule has 1 aromatic rings. The van der Waals surface area contributed by atoms with Crippen LogP contribution in [0.25, 0.3) is 0 Å². The molecule has 0 heterocycles. The van der Waals surface area contributed by atoms with E-state index in [1.54, 1.807) is 0 Å². The van der Waals surface area contributed by atoms with Gasteiger partial charge in [0.2, 0.25) is 0 Å². The van der Waals surface area contributed by atoms with Gasteiger partial charge >= 0.3 is 5.97 Å². The normalized spacial score (nSPS) is 12.9. The maximum atomic E-state index is 11.8. The third-order valence-corrected chi connectivity index (χ3v) is 4.05. The summed E-state index contributed by atoms with van der Waals surface area (Å²) in [5, 5.41) is 22.6. The van der Waals surface area contributed by atoms with Crippen LogP contribution < -0.4 is 5.32 Å². The molecule has 1 rings (SSSR count). The number of benzene rings is 1. The second-order valence-electron chi connectivity index (χ2n) is 5.37. The number of rotatable bonds is 7. The molecule has 2 N–H and O–H groups in total. The average Bonchev–Trinajstić information content (AvgIpc) is 2.36. The van der Waals surface area contributed by atoms with Gasteiger partial charge in [-0.15, -0.1) is 0 Å². The van der Waals surface area contributed by atoms with Crippen LogP contribution in [0, 0.1) is 16.0 Å². The van der Waals surface area contributed by atoms with E-state index in [1.165, 1.54) is 6.07 Å². The molecule has 122 valence electrons. The van der Waals surface area contributed by atoms with Crippen molar-refractivity contribution < 1.29 is 23.2 Å². The highest BCUT2D eigenvalue weighted by Crippen LogP contribution is 2.27. The Bertz CT molecular complexity index is 684. The summed E-state index contributed by atoms with van der Waals surface area (Å²) >= 11 is 0. The van der Waals surface area contributed by atoms with Gasteiger partial charge in [-0.25, -0.2) is 13.2 Å². The van der Waals surface area contributed by atoms with E-state index in [0.717, 1.165) is 18.4 Å². The Balaban J connectivity index is 3.28. The van der Waals surface area contributed by atoms with Gasteiger partial charge in [-0.3, -0.25) is 10.1 Å². The standard InChI is InChI=1S/C13H18N2O6S/c1-8(2)6-11(13(16)17)14-10-5-4-9(15(18)19)7-12(10)22(3,20)21/h4-5,7-8,11,14H,6H2,1-3H3,(H,16,17)/t11-/m1/s1. The molecule has 0 aliphatic carbocycles. The van der Waals surface area contributed by atoms with Gasteiger partial charge in [-0.05, 0) is 18.4 Å². The van der Waals surface area contributed by atoms with E-state index < -0.39 is 26.8 Å². The molecule has 22 heavy (non-hydrogen) atoms. The Morgan fingerprint density at radius 3 is 2.41 bits per heavy atom. The number of hydrogen-bond donors (Lipinski definition) is 2. The van der Waals surface area contributed by atoms with Gasteiger partial charge in [0, 0.05) is 18.4 Å². The summed E-state index contributed by atoms with van der Waals surface area (Å²) in [6, 6.07) is 2.28. The first-order valence-electron chi connectivity index (χ1n) is 6.50. The van der Waals surface area contributed by atoms with Crippen LogP contribution in [0.4, 0.5) is 11.4 Å². The monoisotopic (exact) mass is 330 g/mol. The fourth-order valence-corrected chi connectivity index (χ4v) is 2.79. The molecule has 8 nitrogen and oxygen atoms in total. The third-order valence-electron chi connectivity index (χ3n) is 2.91. The Morgan fingerprint density at radius 1 is 1.41 bits per heavy atom. The summed E-state index contributed by atoms with van der Waals surface area (Å²) in [5.41, 5.74) is -0.331. The van der Waals surface area contributed by atoms with Crippen molar-refractivity contribution in [1.82, 2.24) is 0 Å². The first-order valence-corrected chi connectivity index (χ1v) is 8.39. The fraction of sp³-hybridized carbons (Fsp3) is 0.462. The van der Waals surface area contributed by atoms with E-state index >= 15 is 0 Å². The van der Waals surface area contributed by atoms with Gasteiger partial charge in [0.15, 0.2) is 9.84 Å². The number of hydrogen-bond acceptors (Lipinski definition) is 6. The fourth-order valence-electron chi connectivity index (χ4n) is 1.93. The molecule has 1 atom stereocenters. The van der Waals surface area contributed by atoms with Gasteiger partial charge in [-0.1, -0.05) is 13.8 Å².